The highest BCUT2D eigenvalue weighted by atomic mass is 15.2. The molecular weight excluding hydrogens is 160 g/mol. The third-order valence-corrected chi connectivity index (χ3v) is 2.96. The molecule has 2 nitrogen and oxygen atoms in total. The number of piperidine rings is 1. The van der Waals surface area contributed by atoms with Crippen LogP contribution in [0.15, 0.2) is 0 Å². The van der Waals surface area contributed by atoms with Crippen LogP contribution in [0.2, 0.25) is 0 Å². The Bertz CT molecular complexity index is 136. The summed E-state index contributed by atoms with van der Waals surface area (Å²) in [5, 5.41) is 3.45. The summed E-state index contributed by atoms with van der Waals surface area (Å²) < 4.78 is 0. The number of nitrogens with one attached hydrogen (secondary N) is 1. The van der Waals surface area contributed by atoms with Gasteiger partial charge in [0, 0.05) is 12.6 Å². The molecule has 2 saturated heterocycles. The van der Waals surface area contributed by atoms with E-state index in [0.29, 0.717) is 0 Å². The van der Waals surface area contributed by atoms with Crippen LogP contribution < -0.4 is 5.32 Å². The fourth-order valence-electron chi connectivity index (χ4n) is 2.30. The fourth-order valence-corrected chi connectivity index (χ4v) is 2.30. The van der Waals surface area contributed by atoms with Gasteiger partial charge in [-0.15, -0.1) is 0 Å². The molecule has 0 saturated carbocycles. The largest absolute Gasteiger partial charge is 0.315 e. The molecule has 13 heavy (non-hydrogen) atoms. The predicted molar refractivity (Wildman–Crippen MR) is 58.0 cm³/mol. The lowest BCUT2D eigenvalue weighted by Crippen LogP contribution is -2.42. The highest BCUT2D eigenvalue weighted by molar-refractivity contribution is 4.90. The molecular formula is C11H24N2. The van der Waals surface area contributed by atoms with E-state index in [1.807, 2.05) is 0 Å². The van der Waals surface area contributed by atoms with E-state index >= 15 is 0 Å². The summed E-state index contributed by atoms with van der Waals surface area (Å²) in [5.41, 5.74) is 0. The first-order valence-corrected chi connectivity index (χ1v) is 5.70. The topological polar surface area (TPSA) is 15.3 Å². The van der Waals surface area contributed by atoms with Gasteiger partial charge in [-0.05, 0) is 38.9 Å². The molecule has 0 aromatic rings. The first-order chi connectivity index (χ1) is 6.29. The molecule has 0 aliphatic carbocycles. The monoisotopic (exact) mass is 184 g/mol. The molecule has 2 fully saturated rings. The third-order valence-electron chi connectivity index (χ3n) is 2.96. The Morgan fingerprint density at radius 1 is 1.31 bits per heavy atom. The van der Waals surface area contributed by atoms with Crippen molar-refractivity contribution in [1.82, 2.24) is 10.2 Å². The van der Waals surface area contributed by atoms with Crippen LogP contribution in [0.25, 0.3) is 0 Å². The average molecular weight is 184 g/mol. The average Bonchev–Trinajstić information content (AvgIpc) is 2.54. The first-order valence-electron chi connectivity index (χ1n) is 5.70. The molecule has 2 rings (SSSR count). The van der Waals surface area contributed by atoms with E-state index in [0.717, 1.165) is 12.0 Å². The summed E-state index contributed by atoms with van der Waals surface area (Å²) in [6.45, 7) is 8.04. The van der Waals surface area contributed by atoms with Crippen LogP contribution in [0.5, 0.6) is 0 Å². The van der Waals surface area contributed by atoms with Crippen molar-refractivity contribution in [3.63, 3.8) is 0 Å². The predicted octanol–water partition coefficient (Wildman–Crippen LogP) is 1.72. The van der Waals surface area contributed by atoms with E-state index in [4.69, 9.17) is 0 Å². The molecule has 78 valence electrons. The third kappa shape index (κ3) is 2.96. The fraction of sp³-hybridized carbons (Fsp3) is 1.00. The van der Waals surface area contributed by atoms with Crippen LogP contribution in [0.4, 0.5) is 0 Å². The van der Waals surface area contributed by atoms with Crippen molar-refractivity contribution in [2.45, 2.75) is 39.2 Å². The first kappa shape index (κ1) is 11.0. The van der Waals surface area contributed by atoms with Crippen LogP contribution in [0.3, 0.4) is 0 Å². The number of hydrogen-bond acceptors (Lipinski definition) is 2. The second-order valence-electron chi connectivity index (χ2n) is 4.32. The number of likely N-dealkylation sites (tertiary alicyclic amines) is 1. The molecule has 2 unspecified atom stereocenters. The van der Waals surface area contributed by atoms with E-state index in [-0.39, 0.29) is 0 Å². The number of hydrogen-bond donors (Lipinski definition) is 1. The van der Waals surface area contributed by atoms with Gasteiger partial charge < -0.3 is 10.2 Å². The highest BCUT2D eigenvalue weighted by Crippen LogP contribution is 2.24. The summed E-state index contributed by atoms with van der Waals surface area (Å²) in [6.07, 6.45) is 4.10. The highest BCUT2D eigenvalue weighted by Gasteiger charge is 2.32. The quantitative estimate of drug-likeness (QED) is 0.616. The van der Waals surface area contributed by atoms with E-state index in [1.54, 1.807) is 0 Å². The zero-order chi connectivity index (χ0) is 9.68. The van der Waals surface area contributed by atoms with E-state index in [1.165, 1.54) is 38.9 Å². The van der Waals surface area contributed by atoms with Gasteiger partial charge >= 0.3 is 0 Å². The SMILES string of the molecule is CCC.CN1CCCC2CNCC21. The number of likely N-dealkylation sites (N-methyl/N-ethyl adjacent to an activating group) is 1. The Labute approximate surface area is 82.7 Å². The van der Waals surface area contributed by atoms with Gasteiger partial charge in [0.05, 0.1) is 0 Å². The lowest BCUT2D eigenvalue weighted by Gasteiger charge is -2.33. The molecule has 0 radical (unpaired) electrons. The van der Waals surface area contributed by atoms with Crippen LogP contribution >= 0.6 is 0 Å². The van der Waals surface area contributed by atoms with Gasteiger partial charge in [0.25, 0.3) is 0 Å². The molecule has 2 atom stereocenters. The van der Waals surface area contributed by atoms with Gasteiger partial charge in [0.15, 0.2) is 0 Å². The normalized spacial score (nSPS) is 33.5. The minimum absolute atomic E-state index is 0.855. The van der Waals surface area contributed by atoms with Gasteiger partial charge in [-0.2, -0.15) is 0 Å². The van der Waals surface area contributed by atoms with Crippen molar-refractivity contribution in [1.29, 1.82) is 0 Å². The van der Waals surface area contributed by atoms with Crippen molar-refractivity contribution >= 4 is 0 Å². The standard InChI is InChI=1S/C8H16N2.C3H8/c1-10-4-2-3-7-5-9-6-8(7)10;1-3-2/h7-9H,2-6H2,1H3;3H2,1-2H3. The van der Waals surface area contributed by atoms with Crippen LogP contribution in [0.1, 0.15) is 33.1 Å². The molecule has 0 spiro atoms. The van der Waals surface area contributed by atoms with Gasteiger partial charge in [0.2, 0.25) is 0 Å². The molecule has 0 aromatic carbocycles. The molecule has 2 heterocycles. The van der Waals surface area contributed by atoms with Crippen LogP contribution in [-0.4, -0.2) is 37.6 Å². The minimum Gasteiger partial charge on any atom is -0.315 e. The van der Waals surface area contributed by atoms with Crippen molar-refractivity contribution in [2.75, 3.05) is 26.7 Å². The Morgan fingerprint density at radius 2 is 2.00 bits per heavy atom. The smallest absolute Gasteiger partial charge is 0.0257 e. The lowest BCUT2D eigenvalue weighted by atomic mass is 9.93. The maximum absolute atomic E-state index is 3.45. The van der Waals surface area contributed by atoms with Crippen molar-refractivity contribution in [3.05, 3.63) is 0 Å². The summed E-state index contributed by atoms with van der Waals surface area (Å²) in [7, 11) is 2.25. The molecule has 2 aliphatic heterocycles. The van der Waals surface area contributed by atoms with Crippen molar-refractivity contribution in [3.8, 4) is 0 Å². The lowest BCUT2D eigenvalue weighted by molar-refractivity contribution is 0.158. The second-order valence-corrected chi connectivity index (χ2v) is 4.32. The van der Waals surface area contributed by atoms with Gasteiger partial charge in [-0.1, -0.05) is 20.3 Å². The van der Waals surface area contributed by atoms with E-state index in [9.17, 15) is 0 Å². The Kier molecular flexibility index (Phi) is 4.74. The van der Waals surface area contributed by atoms with Gasteiger partial charge in [0.1, 0.15) is 0 Å². The Balaban J connectivity index is 0.000000251. The van der Waals surface area contributed by atoms with Gasteiger partial charge in [-0.25, -0.2) is 0 Å². The Hall–Kier alpha value is -0.0800. The summed E-state index contributed by atoms with van der Waals surface area (Å²) in [4.78, 5) is 2.51. The molecule has 0 bridgehead atoms. The summed E-state index contributed by atoms with van der Waals surface area (Å²) >= 11 is 0. The van der Waals surface area contributed by atoms with Crippen LogP contribution in [-0.2, 0) is 0 Å². The molecule has 2 heteroatoms. The van der Waals surface area contributed by atoms with Gasteiger partial charge in [-0.3, -0.25) is 0 Å². The maximum Gasteiger partial charge on any atom is 0.0257 e. The molecule has 0 aromatic heterocycles. The molecule has 0 amide bonds. The van der Waals surface area contributed by atoms with Crippen molar-refractivity contribution in [2.24, 2.45) is 5.92 Å². The number of rotatable bonds is 0. The zero-order valence-corrected chi connectivity index (χ0v) is 9.34. The molecule has 1 N–H and O–H groups in total. The van der Waals surface area contributed by atoms with E-state index < -0.39 is 0 Å². The second kappa shape index (κ2) is 5.61. The molecule has 2 aliphatic rings. The Morgan fingerprint density at radius 3 is 2.62 bits per heavy atom. The minimum atomic E-state index is 0.855. The zero-order valence-electron chi connectivity index (χ0n) is 9.34. The van der Waals surface area contributed by atoms with Crippen LogP contribution in [0, 0.1) is 5.92 Å². The summed E-state index contributed by atoms with van der Waals surface area (Å²) in [6, 6.07) is 0.855. The van der Waals surface area contributed by atoms with E-state index in [2.05, 4.69) is 31.1 Å². The maximum atomic E-state index is 3.45. The summed E-state index contributed by atoms with van der Waals surface area (Å²) in [5.74, 6) is 0.957. The number of nitrogens with zero attached hydrogens (tertiary/aromatic N) is 1. The number of fused-ring (bicyclic) bond motifs is 1. The van der Waals surface area contributed by atoms with Crippen molar-refractivity contribution < 1.29 is 0 Å².